The third kappa shape index (κ3) is 2.59. The minimum Gasteiger partial charge on any atom is -0.493 e. The summed E-state index contributed by atoms with van der Waals surface area (Å²) in [6.45, 7) is 4.18. The van der Waals surface area contributed by atoms with Gasteiger partial charge < -0.3 is 4.74 Å². The van der Waals surface area contributed by atoms with E-state index in [1.54, 1.807) is 6.92 Å². The number of hydrogen-bond donors (Lipinski definition) is 0. The van der Waals surface area contributed by atoms with Crippen molar-refractivity contribution in [1.29, 1.82) is 0 Å². The molecule has 0 aliphatic carbocycles. The third-order valence-electron chi connectivity index (χ3n) is 2.79. The highest BCUT2D eigenvalue weighted by Gasteiger charge is 2.06. The summed E-state index contributed by atoms with van der Waals surface area (Å²) in [4.78, 5) is 11.2. The van der Waals surface area contributed by atoms with Gasteiger partial charge in [-0.1, -0.05) is 42.5 Å². The Morgan fingerprint density at radius 1 is 1.06 bits per heavy atom. The van der Waals surface area contributed by atoms with Gasteiger partial charge in [-0.2, -0.15) is 0 Å². The Bertz CT molecular complexity index is 541. The number of hydrogen-bond acceptors (Lipinski definition) is 2. The average Bonchev–Trinajstić information content (AvgIpc) is 2.40. The maximum atomic E-state index is 11.2. The molecule has 0 N–H and O–H groups in total. The molecular formula is C16H16O2. The molecule has 0 spiro atoms. The highest BCUT2D eigenvalue weighted by molar-refractivity contribution is 5.94. The Morgan fingerprint density at radius 2 is 1.72 bits per heavy atom. The third-order valence-corrected chi connectivity index (χ3v) is 2.79. The second-order valence-corrected chi connectivity index (χ2v) is 4.06. The minimum atomic E-state index is 0.0830. The molecule has 0 bridgehead atoms. The van der Waals surface area contributed by atoms with E-state index in [1.165, 1.54) is 0 Å². The zero-order valence-electron chi connectivity index (χ0n) is 10.6. The fraction of sp³-hybridized carbons (Fsp3) is 0.188. The number of ketones is 1. The van der Waals surface area contributed by atoms with Crippen molar-refractivity contribution in [2.45, 2.75) is 13.8 Å². The predicted molar refractivity (Wildman–Crippen MR) is 73.1 cm³/mol. The first-order valence-electron chi connectivity index (χ1n) is 6.05. The van der Waals surface area contributed by atoms with Crippen LogP contribution in [0, 0.1) is 0 Å². The van der Waals surface area contributed by atoms with Gasteiger partial charge in [0.15, 0.2) is 5.78 Å². The molecule has 0 heterocycles. The fourth-order valence-electron chi connectivity index (χ4n) is 1.87. The molecule has 2 nitrogen and oxygen atoms in total. The lowest BCUT2D eigenvalue weighted by atomic mass is 10.0. The molecule has 0 saturated carbocycles. The van der Waals surface area contributed by atoms with Gasteiger partial charge in [0.25, 0.3) is 0 Å². The summed E-state index contributed by atoms with van der Waals surface area (Å²) in [5.41, 5.74) is 2.84. The molecule has 0 radical (unpaired) electrons. The summed E-state index contributed by atoms with van der Waals surface area (Å²) in [6.07, 6.45) is 0. The van der Waals surface area contributed by atoms with Gasteiger partial charge in [-0.05, 0) is 25.5 Å². The summed E-state index contributed by atoms with van der Waals surface area (Å²) in [5, 5.41) is 0. The molecular weight excluding hydrogens is 224 g/mol. The van der Waals surface area contributed by atoms with Crippen LogP contribution in [-0.2, 0) is 0 Å². The lowest BCUT2D eigenvalue weighted by Crippen LogP contribution is -1.94. The number of carbonyl (C=O) groups excluding carboxylic acids is 1. The second-order valence-electron chi connectivity index (χ2n) is 4.06. The zero-order chi connectivity index (χ0) is 13.0. The van der Waals surface area contributed by atoms with E-state index >= 15 is 0 Å². The molecule has 18 heavy (non-hydrogen) atoms. The fourth-order valence-corrected chi connectivity index (χ4v) is 1.87. The van der Waals surface area contributed by atoms with Crippen molar-refractivity contribution in [3.05, 3.63) is 54.1 Å². The van der Waals surface area contributed by atoms with Crippen molar-refractivity contribution in [2.24, 2.45) is 0 Å². The average molecular weight is 240 g/mol. The summed E-state index contributed by atoms with van der Waals surface area (Å²) in [7, 11) is 0. The molecule has 2 rings (SSSR count). The van der Waals surface area contributed by atoms with Crippen LogP contribution < -0.4 is 4.74 Å². The van der Waals surface area contributed by atoms with E-state index in [1.807, 2.05) is 55.5 Å². The highest BCUT2D eigenvalue weighted by Crippen LogP contribution is 2.29. The molecule has 0 fully saturated rings. The van der Waals surface area contributed by atoms with Crippen LogP contribution in [0.3, 0.4) is 0 Å². The minimum absolute atomic E-state index is 0.0830. The van der Waals surface area contributed by atoms with E-state index in [0.29, 0.717) is 6.61 Å². The quantitative estimate of drug-likeness (QED) is 0.756. The van der Waals surface area contributed by atoms with Crippen LogP contribution in [0.4, 0.5) is 0 Å². The van der Waals surface area contributed by atoms with Gasteiger partial charge in [0.1, 0.15) is 5.75 Å². The molecule has 0 aliphatic heterocycles. The van der Waals surface area contributed by atoms with Gasteiger partial charge in [0.05, 0.1) is 6.61 Å². The van der Waals surface area contributed by atoms with E-state index in [0.717, 1.165) is 22.4 Å². The van der Waals surface area contributed by atoms with Gasteiger partial charge in [-0.15, -0.1) is 0 Å². The number of Topliss-reactive ketones (excluding diaryl/α,β-unsaturated/α-hetero) is 1. The van der Waals surface area contributed by atoms with Crippen molar-refractivity contribution in [3.8, 4) is 16.9 Å². The SMILES string of the molecule is CCOc1ccccc1-c1ccc(C(C)=O)cc1. The van der Waals surface area contributed by atoms with E-state index < -0.39 is 0 Å². The van der Waals surface area contributed by atoms with Crippen molar-refractivity contribution in [1.82, 2.24) is 0 Å². The Balaban J connectivity index is 2.39. The molecule has 92 valence electrons. The van der Waals surface area contributed by atoms with Crippen LogP contribution in [0.5, 0.6) is 5.75 Å². The lowest BCUT2D eigenvalue weighted by molar-refractivity contribution is 0.101. The molecule has 0 amide bonds. The van der Waals surface area contributed by atoms with E-state index in [-0.39, 0.29) is 5.78 Å². The van der Waals surface area contributed by atoms with Crippen LogP contribution in [-0.4, -0.2) is 12.4 Å². The normalized spacial score (nSPS) is 10.1. The highest BCUT2D eigenvalue weighted by atomic mass is 16.5. The Morgan fingerprint density at radius 3 is 2.33 bits per heavy atom. The summed E-state index contributed by atoms with van der Waals surface area (Å²) >= 11 is 0. The maximum absolute atomic E-state index is 11.2. The molecule has 0 aromatic heterocycles. The largest absolute Gasteiger partial charge is 0.493 e. The summed E-state index contributed by atoms with van der Waals surface area (Å²) in [5.74, 6) is 0.954. The first-order valence-corrected chi connectivity index (χ1v) is 6.05. The number of ether oxygens (including phenoxy) is 1. The van der Waals surface area contributed by atoms with Crippen molar-refractivity contribution in [3.63, 3.8) is 0 Å². The van der Waals surface area contributed by atoms with E-state index in [4.69, 9.17) is 4.74 Å². The summed E-state index contributed by atoms with van der Waals surface area (Å²) in [6, 6.07) is 15.5. The molecule has 2 aromatic carbocycles. The van der Waals surface area contributed by atoms with Crippen molar-refractivity contribution < 1.29 is 9.53 Å². The van der Waals surface area contributed by atoms with Crippen molar-refractivity contribution >= 4 is 5.78 Å². The molecule has 2 heteroatoms. The molecule has 2 aromatic rings. The van der Waals surface area contributed by atoms with Gasteiger partial charge in [0.2, 0.25) is 0 Å². The maximum Gasteiger partial charge on any atom is 0.159 e. The van der Waals surface area contributed by atoms with E-state index in [9.17, 15) is 4.79 Å². The number of benzene rings is 2. The molecule has 0 unspecified atom stereocenters. The first-order chi connectivity index (χ1) is 8.72. The molecule has 0 atom stereocenters. The van der Waals surface area contributed by atoms with Crippen LogP contribution in [0.2, 0.25) is 0 Å². The number of rotatable bonds is 4. The van der Waals surface area contributed by atoms with Crippen molar-refractivity contribution in [2.75, 3.05) is 6.61 Å². The number of para-hydroxylation sites is 1. The summed E-state index contributed by atoms with van der Waals surface area (Å²) < 4.78 is 5.60. The second kappa shape index (κ2) is 5.50. The van der Waals surface area contributed by atoms with Gasteiger partial charge in [-0.3, -0.25) is 4.79 Å². The standard InChI is InChI=1S/C16H16O2/c1-3-18-16-7-5-4-6-15(16)14-10-8-13(9-11-14)12(2)17/h4-11H,3H2,1-2H3. The van der Waals surface area contributed by atoms with Gasteiger partial charge in [-0.25, -0.2) is 0 Å². The van der Waals surface area contributed by atoms with E-state index in [2.05, 4.69) is 0 Å². The van der Waals surface area contributed by atoms with Gasteiger partial charge >= 0.3 is 0 Å². The smallest absolute Gasteiger partial charge is 0.159 e. The van der Waals surface area contributed by atoms with Crippen LogP contribution in [0.25, 0.3) is 11.1 Å². The zero-order valence-corrected chi connectivity index (χ0v) is 10.6. The van der Waals surface area contributed by atoms with Crippen LogP contribution in [0.15, 0.2) is 48.5 Å². The Kier molecular flexibility index (Phi) is 3.78. The first kappa shape index (κ1) is 12.4. The van der Waals surface area contributed by atoms with Crippen LogP contribution in [0.1, 0.15) is 24.2 Å². The Hall–Kier alpha value is -2.09. The molecule has 0 saturated heterocycles. The number of carbonyl (C=O) groups is 1. The predicted octanol–water partition coefficient (Wildman–Crippen LogP) is 3.95. The monoisotopic (exact) mass is 240 g/mol. The van der Waals surface area contributed by atoms with Crippen LogP contribution >= 0.6 is 0 Å². The molecule has 0 aliphatic rings. The lowest BCUT2D eigenvalue weighted by Gasteiger charge is -2.10. The Labute approximate surface area is 107 Å². The van der Waals surface area contributed by atoms with Gasteiger partial charge in [0, 0.05) is 11.1 Å². The topological polar surface area (TPSA) is 26.3 Å².